The second kappa shape index (κ2) is 12.7. The van der Waals surface area contributed by atoms with Crippen LogP contribution in [0.25, 0.3) is 33.4 Å². The third-order valence-electron chi connectivity index (χ3n) is 8.11. The van der Waals surface area contributed by atoms with Crippen LogP contribution in [0.2, 0.25) is 0 Å². The monoisotopic (exact) mass is 566 g/mol. The van der Waals surface area contributed by atoms with E-state index in [1.54, 1.807) is 0 Å². The number of hydrogen-bond donors (Lipinski definition) is 2. The second-order valence-corrected chi connectivity index (χ2v) is 11.2. The van der Waals surface area contributed by atoms with Crippen molar-refractivity contribution in [2.45, 2.75) is 12.5 Å². The lowest BCUT2D eigenvalue weighted by atomic mass is 9.87. The molecule has 44 heavy (non-hydrogen) atoms. The first-order valence-electron chi connectivity index (χ1n) is 15.2. The van der Waals surface area contributed by atoms with Crippen LogP contribution in [0.1, 0.15) is 17.5 Å². The van der Waals surface area contributed by atoms with Crippen molar-refractivity contribution in [3.05, 3.63) is 187 Å². The first kappa shape index (κ1) is 27.2. The zero-order valence-electron chi connectivity index (χ0n) is 24.5. The van der Waals surface area contributed by atoms with E-state index in [1.807, 2.05) is 6.07 Å². The minimum atomic E-state index is 0.185. The van der Waals surface area contributed by atoms with Gasteiger partial charge in [0.25, 0.3) is 0 Å². The van der Waals surface area contributed by atoms with Crippen LogP contribution in [0.4, 0.5) is 17.1 Å². The molecule has 1 unspecified atom stereocenters. The maximum absolute atomic E-state index is 3.75. The Kier molecular flexibility index (Phi) is 7.88. The van der Waals surface area contributed by atoms with E-state index >= 15 is 0 Å². The number of benzene rings is 6. The molecule has 2 heteroatoms. The fourth-order valence-corrected chi connectivity index (χ4v) is 5.93. The van der Waals surface area contributed by atoms with Crippen LogP contribution < -0.4 is 10.6 Å². The van der Waals surface area contributed by atoms with E-state index in [0.29, 0.717) is 0 Å². The number of allylic oxidation sites excluding steroid dienone is 2. The minimum Gasteiger partial charge on any atom is -0.378 e. The molecule has 1 aliphatic carbocycles. The normalized spacial score (nSPS) is 14.3. The van der Waals surface area contributed by atoms with Crippen molar-refractivity contribution >= 4 is 28.2 Å². The maximum atomic E-state index is 3.75. The molecule has 0 fully saturated rings. The van der Waals surface area contributed by atoms with Crippen LogP contribution in [0.3, 0.4) is 0 Å². The Morgan fingerprint density at radius 1 is 0.455 bits per heavy atom. The highest BCUT2D eigenvalue weighted by Crippen LogP contribution is 2.37. The summed E-state index contributed by atoms with van der Waals surface area (Å²) in [6.45, 7) is 0. The number of rotatable bonds is 8. The van der Waals surface area contributed by atoms with Gasteiger partial charge in [0.1, 0.15) is 0 Å². The van der Waals surface area contributed by atoms with E-state index in [9.17, 15) is 0 Å². The van der Waals surface area contributed by atoms with E-state index in [4.69, 9.17) is 0 Å². The molecule has 7 rings (SSSR count). The Hall–Kier alpha value is -5.60. The molecule has 6 aromatic carbocycles. The molecule has 1 aliphatic rings. The molecule has 0 aliphatic heterocycles. The molecule has 0 spiro atoms. The summed E-state index contributed by atoms with van der Waals surface area (Å²) in [5.41, 5.74) is 13.1. The van der Waals surface area contributed by atoms with E-state index in [-0.39, 0.29) is 6.04 Å². The van der Waals surface area contributed by atoms with Gasteiger partial charge in [-0.15, -0.1) is 0 Å². The van der Waals surface area contributed by atoms with Gasteiger partial charge in [-0.3, -0.25) is 0 Å². The fraction of sp³-hybridized carbons (Fsp3) is 0.0476. The summed E-state index contributed by atoms with van der Waals surface area (Å²) in [4.78, 5) is 0. The maximum Gasteiger partial charge on any atom is 0.0493 e. The lowest BCUT2D eigenvalue weighted by Crippen LogP contribution is -2.20. The molecule has 0 aromatic heterocycles. The van der Waals surface area contributed by atoms with E-state index in [0.717, 1.165) is 23.5 Å². The number of para-hydroxylation sites is 2. The molecule has 0 saturated heterocycles. The SMILES string of the molecule is C1=C(c2cccc(-c3ccc(Nc4ccccc4)c(-c4ccccc4)c3)c2)C=C(c2ccccc2)CC1Nc1ccccc1. The molecule has 2 nitrogen and oxygen atoms in total. The highest BCUT2D eigenvalue weighted by atomic mass is 14.9. The summed E-state index contributed by atoms with van der Waals surface area (Å²) < 4.78 is 0. The van der Waals surface area contributed by atoms with Crippen molar-refractivity contribution in [2.75, 3.05) is 10.6 Å². The van der Waals surface area contributed by atoms with Crippen LogP contribution in [0.5, 0.6) is 0 Å². The van der Waals surface area contributed by atoms with E-state index in [2.05, 4.69) is 181 Å². The predicted octanol–water partition coefficient (Wildman–Crippen LogP) is 11.1. The Morgan fingerprint density at radius 2 is 1.02 bits per heavy atom. The summed E-state index contributed by atoms with van der Waals surface area (Å²) >= 11 is 0. The Bertz CT molecular complexity index is 1910. The number of anilines is 3. The van der Waals surface area contributed by atoms with Crippen LogP contribution in [0.15, 0.2) is 176 Å². The standard InChI is InChI=1S/C42H34N2/c1-5-14-31(15-6-1)36-27-37(29-40(28-36)43-38-20-9-3-10-21-38)34-19-13-18-33(26-34)35-24-25-42(44-39-22-11-4-12-23-39)41(30-35)32-16-7-2-8-17-32/h1-27,29-30,40,43-44H,28H2. The van der Waals surface area contributed by atoms with Crippen molar-refractivity contribution in [3.63, 3.8) is 0 Å². The Balaban J connectivity index is 1.26. The fourth-order valence-electron chi connectivity index (χ4n) is 5.93. The van der Waals surface area contributed by atoms with E-state index < -0.39 is 0 Å². The molecule has 1 atom stereocenters. The largest absolute Gasteiger partial charge is 0.378 e. The van der Waals surface area contributed by atoms with Crippen LogP contribution in [0, 0.1) is 0 Å². The minimum absolute atomic E-state index is 0.185. The Morgan fingerprint density at radius 3 is 1.73 bits per heavy atom. The molecule has 0 bridgehead atoms. The molecule has 2 N–H and O–H groups in total. The third-order valence-corrected chi connectivity index (χ3v) is 8.11. The van der Waals surface area contributed by atoms with Gasteiger partial charge in [0.05, 0.1) is 0 Å². The van der Waals surface area contributed by atoms with Gasteiger partial charge < -0.3 is 10.6 Å². The second-order valence-electron chi connectivity index (χ2n) is 11.2. The molecule has 0 amide bonds. The molecular weight excluding hydrogens is 532 g/mol. The van der Waals surface area contributed by atoms with Crippen molar-refractivity contribution in [1.29, 1.82) is 0 Å². The molecule has 0 radical (unpaired) electrons. The van der Waals surface area contributed by atoms with Gasteiger partial charge in [-0.1, -0.05) is 133 Å². The van der Waals surface area contributed by atoms with Gasteiger partial charge in [-0.2, -0.15) is 0 Å². The summed E-state index contributed by atoms with van der Waals surface area (Å²) in [6, 6.07) is 58.0. The first-order chi connectivity index (χ1) is 21.8. The topological polar surface area (TPSA) is 24.1 Å². The Labute approximate surface area is 260 Å². The number of nitrogens with one attached hydrogen (secondary N) is 2. The third kappa shape index (κ3) is 6.25. The van der Waals surface area contributed by atoms with Crippen molar-refractivity contribution < 1.29 is 0 Å². The van der Waals surface area contributed by atoms with Crippen molar-refractivity contribution in [2.24, 2.45) is 0 Å². The van der Waals surface area contributed by atoms with Crippen molar-refractivity contribution in [3.8, 4) is 22.3 Å². The lowest BCUT2D eigenvalue weighted by Gasteiger charge is -2.25. The van der Waals surface area contributed by atoms with Gasteiger partial charge in [0.15, 0.2) is 0 Å². The van der Waals surface area contributed by atoms with Crippen LogP contribution >= 0.6 is 0 Å². The van der Waals surface area contributed by atoms with Crippen molar-refractivity contribution in [1.82, 2.24) is 0 Å². The highest BCUT2D eigenvalue weighted by molar-refractivity contribution is 5.90. The molecule has 6 aromatic rings. The molecule has 0 saturated carbocycles. The lowest BCUT2D eigenvalue weighted by molar-refractivity contribution is 0.900. The molecule has 0 heterocycles. The number of hydrogen-bond acceptors (Lipinski definition) is 2. The smallest absolute Gasteiger partial charge is 0.0493 e. The predicted molar refractivity (Wildman–Crippen MR) is 188 cm³/mol. The van der Waals surface area contributed by atoms with E-state index in [1.165, 1.54) is 44.5 Å². The zero-order chi connectivity index (χ0) is 29.6. The van der Waals surface area contributed by atoms with Gasteiger partial charge in [0, 0.05) is 28.7 Å². The zero-order valence-corrected chi connectivity index (χ0v) is 24.5. The molecule has 212 valence electrons. The van der Waals surface area contributed by atoms with Gasteiger partial charge in [-0.25, -0.2) is 0 Å². The quantitative estimate of drug-likeness (QED) is 0.191. The highest BCUT2D eigenvalue weighted by Gasteiger charge is 2.18. The summed E-state index contributed by atoms with van der Waals surface area (Å²) in [6.07, 6.45) is 5.67. The first-order valence-corrected chi connectivity index (χ1v) is 15.2. The average Bonchev–Trinajstić information content (AvgIpc) is 3.10. The summed E-state index contributed by atoms with van der Waals surface area (Å²) in [5.74, 6) is 0. The molecular formula is C42H34N2. The average molecular weight is 567 g/mol. The van der Waals surface area contributed by atoms with Gasteiger partial charge in [0.2, 0.25) is 0 Å². The van der Waals surface area contributed by atoms with Crippen LogP contribution in [-0.2, 0) is 0 Å². The van der Waals surface area contributed by atoms with Gasteiger partial charge >= 0.3 is 0 Å². The van der Waals surface area contributed by atoms with Crippen LogP contribution in [-0.4, -0.2) is 6.04 Å². The summed E-state index contributed by atoms with van der Waals surface area (Å²) in [7, 11) is 0. The summed E-state index contributed by atoms with van der Waals surface area (Å²) in [5, 5.41) is 7.39. The van der Waals surface area contributed by atoms with Gasteiger partial charge in [-0.05, 0) is 87.8 Å².